The number of hydrogen-bond donors (Lipinski definition) is 1. The molecule has 9 heteroatoms. The van der Waals surface area contributed by atoms with Crippen molar-refractivity contribution in [1.82, 2.24) is 5.16 Å². The van der Waals surface area contributed by atoms with E-state index >= 15 is 0 Å². The molecule has 0 bridgehead atoms. The van der Waals surface area contributed by atoms with Gasteiger partial charge in [-0.1, -0.05) is 16.8 Å². The lowest BCUT2D eigenvalue weighted by atomic mass is 10.2. The van der Waals surface area contributed by atoms with Crippen molar-refractivity contribution in [3.8, 4) is 11.5 Å². The van der Waals surface area contributed by atoms with Crippen LogP contribution in [0.5, 0.6) is 11.5 Å². The van der Waals surface area contributed by atoms with Crippen LogP contribution >= 0.6 is 11.6 Å². The van der Waals surface area contributed by atoms with Gasteiger partial charge in [0.05, 0.1) is 19.2 Å². The number of ether oxygens (including phenoxy) is 3. The molecular weight excluding hydrogens is 364 g/mol. The second-order valence-corrected chi connectivity index (χ2v) is 5.46. The number of carbonyl (C=O) groups excluding carboxylic acids is 2. The highest BCUT2D eigenvalue weighted by Gasteiger charge is 2.11. The molecule has 138 valence electrons. The second kappa shape index (κ2) is 8.91. The highest BCUT2D eigenvalue weighted by atomic mass is 35.5. The summed E-state index contributed by atoms with van der Waals surface area (Å²) in [6.45, 7) is 1.23. The fraction of sp³-hybridized carbons (Fsp3) is 0.235. The predicted molar refractivity (Wildman–Crippen MR) is 94.4 cm³/mol. The SMILES string of the molecule is COc1cc(/C=C/C(=O)OCC(=O)Nc2cc(C)on2)cc(Cl)c1OC. The number of nitrogens with one attached hydrogen (secondary N) is 1. The average Bonchev–Trinajstić information content (AvgIpc) is 3.02. The maximum absolute atomic E-state index is 11.7. The summed E-state index contributed by atoms with van der Waals surface area (Å²) in [5.74, 6) is 0.397. The molecule has 0 unspecified atom stereocenters. The normalized spacial score (nSPS) is 10.6. The van der Waals surface area contributed by atoms with E-state index in [1.54, 1.807) is 25.1 Å². The molecule has 2 aromatic rings. The van der Waals surface area contributed by atoms with Gasteiger partial charge in [-0.25, -0.2) is 4.79 Å². The van der Waals surface area contributed by atoms with E-state index < -0.39 is 18.5 Å². The van der Waals surface area contributed by atoms with Crippen molar-refractivity contribution in [2.75, 3.05) is 26.1 Å². The Kier molecular flexibility index (Phi) is 6.62. The molecule has 0 radical (unpaired) electrons. The third-order valence-corrected chi connectivity index (χ3v) is 3.39. The third-order valence-electron chi connectivity index (χ3n) is 3.11. The number of esters is 1. The molecule has 0 saturated carbocycles. The van der Waals surface area contributed by atoms with Crippen molar-refractivity contribution < 1.29 is 28.3 Å². The standard InChI is InChI=1S/C17H17ClN2O6/c1-10-6-14(20-26-10)19-15(21)9-25-16(22)5-4-11-7-12(18)17(24-3)13(8-11)23-2/h4-8H,9H2,1-3H3,(H,19,20,21)/b5-4+. The summed E-state index contributed by atoms with van der Waals surface area (Å²) in [5, 5.41) is 6.37. The van der Waals surface area contributed by atoms with Crippen molar-refractivity contribution in [2.24, 2.45) is 0 Å². The zero-order valence-corrected chi connectivity index (χ0v) is 15.1. The van der Waals surface area contributed by atoms with E-state index in [4.69, 9.17) is 30.3 Å². The van der Waals surface area contributed by atoms with Crippen LogP contribution in [0, 0.1) is 6.92 Å². The fourth-order valence-electron chi connectivity index (χ4n) is 1.99. The number of carbonyl (C=O) groups is 2. The molecule has 0 atom stereocenters. The van der Waals surface area contributed by atoms with Crippen LogP contribution in [0.1, 0.15) is 11.3 Å². The first-order valence-electron chi connectivity index (χ1n) is 7.42. The number of halogens is 1. The molecule has 1 aromatic heterocycles. The summed E-state index contributed by atoms with van der Waals surface area (Å²) in [6.07, 6.45) is 2.65. The third kappa shape index (κ3) is 5.25. The van der Waals surface area contributed by atoms with Gasteiger partial charge in [-0.15, -0.1) is 0 Å². The van der Waals surface area contributed by atoms with Gasteiger partial charge in [0.15, 0.2) is 23.9 Å². The summed E-state index contributed by atoms with van der Waals surface area (Å²) in [4.78, 5) is 23.4. The van der Waals surface area contributed by atoms with E-state index in [9.17, 15) is 9.59 Å². The highest BCUT2D eigenvalue weighted by Crippen LogP contribution is 2.36. The first kappa shape index (κ1) is 19.3. The van der Waals surface area contributed by atoms with Gasteiger partial charge in [0, 0.05) is 12.1 Å². The molecule has 8 nitrogen and oxygen atoms in total. The van der Waals surface area contributed by atoms with Crippen molar-refractivity contribution in [3.05, 3.63) is 40.6 Å². The van der Waals surface area contributed by atoms with Crippen molar-refractivity contribution in [3.63, 3.8) is 0 Å². The van der Waals surface area contributed by atoms with Crippen LogP contribution in [-0.2, 0) is 14.3 Å². The molecule has 2 rings (SSSR count). The summed E-state index contributed by atoms with van der Waals surface area (Å²) in [5.41, 5.74) is 0.604. The minimum Gasteiger partial charge on any atom is -0.493 e. The summed E-state index contributed by atoms with van der Waals surface area (Å²) < 4.78 is 20.0. The van der Waals surface area contributed by atoms with Crippen LogP contribution < -0.4 is 14.8 Å². The number of hydrogen-bond acceptors (Lipinski definition) is 7. The zero-order valence-electron chi connectivity index (χ0n) is 14.4. The zero-order chi connectivity index (χ0) is 19.1. The Morgan fingerprint density at radius 2 is 2.04 bits per heavy atom. The Balaban J connectivity index is 1.91. The van der Waals surface area contributed by atoms with Crippen molar-refractivity contribution in [1.29, 1.82) is 0 Å². The smallest absolute Gasteiger partial charge is 0.331 e. The number of benzene rings is 1. The van der Waals surface area contributed by atoms with Gasteiger partial charge in [-0.3, -0.25) is 4.79 Å². The van der Waals surface area contributed by atoms with E-state index in [1.807, 2.05) is 0 Å². The number of aryl methyl sites for hydroxylation is 1. The molecule has 0 fully saturated rings. The summed E-state index contributed by atoms with van der Waals surface area (Å²) in [6, 6.07) is 4.79. The van der Waals surface area contributed by atoms with E-state index in [-0.39, 0.29) is 5.82 Å². The van der Waals surface area contributed by atoms with E-state index in [1.165, 1.54) is 26.4 Å². The van der Waals surface area contributed by atoms with E-state index in [2.05, 4.69) is 10.5 Å². The Labute approximate surface area is 154 Å². The molecule has 0 spiro atoms. The topological polar surface area (TPSA) is 99.9 Å². The lowest BCUT2D eigenvalue weighted by Crippen LogP contribution is -2.20. The first-order valence-corrected chi connectivity index (χ1v) is 7.80. The number of anilines is 1. The van der Waals surface area contributed by atoms with Crippen molar-refractivity contribution in [2.45, 2.75) is 6.92 Å². The van der Waals surface area contributed by atoms with Gasteiger partial charge in [-0.2, -0.15) is 0 Å². The maximum Gasteiger partial charge on any atom is 0.331 e. The fourth-order valence-corrected chi connectivity index (χ4v) is 2.28. The lowest BCUT2D eigenvalue weighted by Gasteiger charge is -2.10. The average molecular weight is 381 g/mol. The number of aromatic nitrogens is 1. The molecule has 1 amide bonds. The highest BCUT2D eigenvalue weighted by molar-refractivity contribution is 6.32. The van der Waals surface area contributed by atoms with Crippen molar-refractivity contribution >= 4 is 35.4 Å². The Hall–Kier alpha value is -3.00. The van der Waals surface area contributed by atoms with Gasteiger partial charge in [0.1, 0.15) is 5.76 Å². The lowest BCUT2D eigenvalue weighted by molar-refractivity contribution is -0.142. The second-order valence-electron chi connectivity index (χ2n) is 5.05. The monoisotopic (exact) mass is 380 g/mol. The van der Waals surface area contributed by atoms with Gasteiger partial charge < -0.3 is 24.1 Å². The van der Waals surface area contributed by atoms with Crippen LogP contribution in [-0.4, -0.2) is 37.9 Å². The maximum atomic E-state index is 11.7. The van der Waals surface area contributed by atoms with Crippen LogP contribution in [0.4, 0.5) is 5.82 Å². The van der Waals surface area contributed by atoms with Gasteiger partial charge in [-0.05, 0) is 30.7 Å². The van der Waals surface area contributed by atoms with Gasteiger partial charge in [0.25, 0.3) is 5.91 Å². The summed E-state index contributed by atoms with van der Waals surface area (Å²) in [7, 11) is 2.95. The Morgan fingerprint density at radius 1 is 1.27 bits per heavy atom. The molecule has 0 saturated heterocycles. The molecule has 0 aliphatic carbocycles. The Morgan fingerprint density at radius 3 is 2.65 bits per heavy atom. The number of amides is 1. The van der Waals surface area contributed by atoms with Crippen LogP contribution in [0.3, 0.4) is 0 Å². The molecule has 26 heavy (non-hydrogen) atoms. The van der Waals surface area contributed by atoms with E-state index in [0.717, 1.165) is 0 Å². The largest absolute Gasteiger partial charge is 0.493 e. The molecular formula is C17H17ClN2O6. The van der Waals surface area contributed by atoms with Crippen LogP contribution in [0.25, 0.3) is 6.08 Å². The molecule has 1 heterocycles. The molecule has 1 aromatic carbocycles. The number of methoxy groups -OCH3 is 2. The molecule has 1 N–H and O–H groups in total. The molecule has 0 aliphatic heterocycles. The predicted octanol–water partition coefficient (Wildman–Crippen LogP) is 2.85. The van der Waals surface area contributed by atoms with E-state index in [0.29, 0.717) is 27.8 Å². The number of rotatable bonds is 7. The van der Waals surface area contributed by atoms with Crippen LogP contribution in [0.15, 0.2) is 28.8 Å². The van der Waals surface area contributed by atoms with Crippen LogP contribution in [0.2, 0.25) is 5.02 Å². The first-order chi connectivity index (χ1) is 12.4. The summed E-state index contributed by atoms with van der Waals surface area (Å²) >= 11 is 6.09. The molecule has 0 aliphatic rings. The quantitative estimate of drug-likeness (QED) is 0.582. The minimum absolute atomic E-state index is 0.249. The van der Waals surface area contributed by atoms with Gasteiger partial charge >= 0.3 is 5.97 Å². The Bertz CT molecular complexity index is 831. The number of nitrogens with zero attached hydrogens (tertiary/aromatic N) is 1. The minimum atomic E-state index is -0.692. The van der Waals surface area contributed by atoms with Gasteiger partial charge in [0.2, 0.25) is 0 Å².